The van der Waals surface area contributed by atoms with Gasteiger partial charge in [0.2, 0.25) is 0 Å². The normalized spacial score (nSPS) is 21.2. The van der Waals surface area contributed by atoms with Crippen molar-refractivity contribution in [2.24, 2.45) is 5.92 Å². The van der Waals surface area contributed by atoms with Crippen molar-refractivity contribution in [1.29, 1.82) is 0 Å². The zero-order chi connectivity index (χ0) is 15.6. The van der Waals surface area contributed by atoms with E-state index in [-0.39, 0.29) is 0 Å². The molecule has 1 saturated carbocycles. The molecule has 4 nitrogen and oxygen atoms in total. The lowest BCUT2D eigenvalue weighted by molar-refractivity contribution is 0.509. The smallest absolute Gasteiger partial charge is 0.197 e. The molecule has 3 aromatic heterocycles. The van der Waals surface area contributed by atoms with Crippen LogP contribution in [0.1, 0.15) is 55.3 Å². The Kier molecular flexibility index (Phi) is 3.20. The van der Waals surface area contributed by atoms with Crippen LogP contribution < -0.4 is 0 Å². The zero-order valence-electron chi connectivity index (χ0n) is 13.5. The van der Waals surface area contributed by atoms with Crippen LogP contribution in [0, 0.1) is 5.92 Å². The quantitative estimate of drug-likeness (QED) is 0.658. The molecular formula is C17H20N4S2. The Bertz CT molecular complexity index is 906. The van der Waals surface area contributed by atoms with Crippen LogP contribution in [0.15, 0.2) is 5.16 Å². The fraction of sp³-hybridized carbons (Fsp3) is 0.588. The van der Waals surface area contributed by atoms with Crippen molar-refractivity contribution >= 4 is 39.0 Å². The van der Waals surface area contributed by atoms with Gasteiger partial charge in [0.15, 0.2) is 10.8 Å². The van der Waals surface area contributed by atoms with Crippen LogP contribution in [0.3, 0.4) is 0 Å². The molecule has 0 N–H and O–H groups in total. The van der Waals surface area contributed by atoms with Crippen LogP contribution in [0.25, 0.3) is 15.9 Å². The minimum atomic E-state index is 0.604. The van der Waals surface area contributed by atoms with Crippen molar-refractivity contribution < 1.29 is 0 Å². The first-order valence-electron chi connectivity index (χ1n) is 8.58. The van der Waals surface area contributed by atoms with Crippen molar-refractivity contribution in [2.45, 2.75) is 57.0 Å². The van der Waals surface area contributed by atoms with E-state index >= 15 is 0 Å². The molecule has 23 heavy (non-hydrogen) atoms. The first kappa shape index (κ1) is 14.2. The summed E-state index contributed by atoms with van der Waals surface area (Å²) >= 11 is 3.67. The van der Waals surface area contributed by atoms with Gasteiger partial charge in [-0.05, 0) is 49.3 Å². The van der Waals surface area contributed by atoms with Gasteiger partial charge in [0.25, 0.3) is 0 Å². The standard InChI is InChI=1S/C17H20N4S2/c1-3-22-17-20-19-15-13-11-7-4-9(2)8-12(11)23-16(13)18-14(21(15)17)10-5-6-10/h9-10H,3-8H2,1-2H3/t9-/m1/s1. The molecule has 0 unspecified atom stereocenters. The van der Waals surface area contributed by atoms with Crippen molar-refractivity contribution in [2.75, 3.05) is 5.75 Å². The predicted molar refractivity (Wildman–Crippen MR) is 95.7 cm³/mol. The summed E-state index contributed by atoms with van der Waals surface area (Å²) in [7, 11) is 0. The zero-order valence-corrected chi connectivity index (χ0v) is 15.1. The summed E-state index contributed by atoms with van der Waals surface area (Å²) in [5, 5.41) is 11.4. The second kappa shape index (κ2) is 5.18. The van der Waals surface area contributed by atoms with Crippen molar-refractivity contribution in [3.8, 4) is 0 Å². The minimum Gasteiger partial charge on any atom is -0.257 e. The second-order valence-corrected chi connectivity index (χ2v) is 9.17. The van der Waals surface area contributed by atoms with E-state index in [0.29, 0.717) is 5.92 Å². The van der Waals surface area contributed by atoms with Gasteiger partial charge in [0.1, 0.15) is 10.7 Å². The number of thiophene rings is 1. The topological polar surface area (TPSA) is 43.1 Å². The Labute approximate surface area is 143 Å². The monoisotopic (exact) mass is 344 g/mol. The number of aryl methyl sites for hydroxylation is 1. The number of fused-ring (bicyclic) bond motifs is 5. The molecule has 2 aliphatic rings. The summed E-state index contributed by atoms with van der Waals surface area (Å²) in [6, 6.07) is 0. The highest BCUT2D eigenvalue weighted by Gasteiger charge is 2.32. The molecule has 0 radical (unpaired) electrons. The average Bonchev–Trinajstić information content (AvgIpc) is 3.20. The summed E-state index contributed by atoms with van der Waals surface area (Å²) in [5.74, 6) is 3.60. The summed E-state index contributed by atoms with van der Waals surface area (Å²) in [6.07, 6.45) is 6.15. The lowest BCUT2D eigenvalue weighted by Gasteiger charge is -2.17. The number of aromatic nitrogens is 4. The second-order valence-electron chi connectivity index (χ2n) is 6.85. The van der Waals surface area contributed by atoms with Gasteiger partial charge in [0.05, 0.1) is 5.39 Å². The Balaban J connectivity index is 1.83. The van der Waals surface area contributed by atoms with Crippen molar-refractivity contribution in [3.63, 3.8) is 0 Å². The highest BCUT2D eigenvalue weighted by Crippen LogP contribution is 2.44. The van der Waals surface area contributed by atoms with Gasteiger partial charge in [-0.15, -0.1) is 21.5 Å². The van der Waals surface area contributed by atoms with Gasteiger partial charge < -0.3 is 0 Å². The average molecular weight is 345 g/mol. The minimum absolute atomic E-state index is 0.604. The number of rotatable bonds is 3. The summed E-state index contributed by atoms with van der Waals surface area (Å²) in [6.45, 7) is 4.53. The van der Waals surface area contributed by atoms with Gasteiger partial charge in [-0.3, -0.25) is 4.40 Å². The van der Waals surface area contributed by atoms with Gasteiger partial charge in [-0.1, -0.05) is 25.6 Å². The third-order valence-corrected chi connectivity index (χ3v) is 6.97. The maximum atomic E-state index is 5.10. The highest BCUT2D eigenvalue weighted by molar-refractivity contribution is 7.99. The fourth-order valence-corrected chi connectivity index (χ4v) is 5.73. The largest absolute Gasteiger partial charge is 0.257 e. The Hall–Kier alpha value is -1.14. The van der Waals surface area contributed by atoms with Gasteiger partial charge in [0, 0.05) is 10.8 Å². The summed E-state index contributed by atoms with van der Waals surface area (Å²) in [4.78, 5) is 7.83. The maximum Gasteiger partial charge on any atom is 0.197 e. The van der Waals surface area contributed by atoms with Gasteiger partial charge in [-0.2, -0.15) is 0 Å². The van der Waals surface area contributed by atoms with Gasteiger partial charge >= 0.3 is 0 Å². The Morgan fingerprint density at radius 3 is 2.91 bits per heavy atom. The van der Waals surface area contributed by atoms with E-state index in [9.17, 15) is 0 Å². The van der Waals surface area contributed by atoms with Gasteiger partial charge in [-0.25, -0.2) is 4.98 Å². The van der Waals surface area contributed by atoms with Crippen LogP contribution in [0.4, 0.5) is 0 Å². The maximum absolute atomic E-state index is 5.10. The molecule has 0 spiro atoms. The van der Waals surface area contributed by atoms with E-state index < -0.39 is 0 Å². The van der Waals surface area contributed by atoms with Crippen LogP contribution in [0.2, 0.25) is 0 Å². The fourth-order valence-electron chi connectivity index (χ4n) is 3.68. The molecule has 3 aromatic rings. The Morgan fingerprint density at radius 2 is 2.13 bits per heavy atom. The molecule has 0 aromatic carbocycles. The number of hydrogen-bond acceptors (Lipinski definition) is 5. The Morgan fingerprint density at radius 1 is 1.26 bits per heavy atom. The van der Waals surface area contributed by atoms with Crippen LogP contribution in [0.5, 0.6) is 0 Å². The number of hydrogen-bond donors (Lipinski definition) is 0. The van der Waals surface area contributed by atoms with E-state index in [1.807, 2.05) is 11.3 Å². The molecule has 0 amide bonds. The van der Waals surface area contributed by atoms with Crippen molar-refractivity contribution in [3.05, 3.63) is 16.3 Å². The molecule has 120 valence electrons. The summed E-state index contributed by atoms with van der Waals surface area (Å²) in [5.41, 5.74) is 2.56. The molecule has 0 bridgehead atoms. The SMILES string of the molecule is CCSc1nnc2c3c4c(sc3nc(C3CC3)n12)C[C@H](C)CC4. The molecular weight excluding hydrogens is 324 g/mol. The number of thioether (sulfide) groups is 1. The molecule has 3 heterocycles. The predicted octanol–water partition coefficient (Wildman–Crippen LogP) is 4.45. The van der Waals surface area contributed by atoms with Crippen LogP contribution in [-0.4, -0.2) is 25.3 Å². The van der Waals surface area contributed by atoms with E-state index in [0.717, 1.165) is 22.5 Å². The van der Waals surface area contributed by atoms with E-state index in [1.54, 1.807) is 11.8 Å². The molecule has 1 atom stereocenters. The molecule has 0 aliphatic heterocycles. The molecule has 2 aliphatic carbocycles. The van der Waals surface area contributed by atoms with E-state index in [2.05, 4.69) is 28.4 Å². The third-order valence-electron chi connectivity index (χ3n) is 5.01. The summed E-state index contributed by atoms with van der Waals surface area (Å²) < 4.78 is 2.26. The lowest BCUT2D eigenvalue weighted by atomic mass is 9.89. The first-order chi connectivity index (χ1) is 11.3. The van der Waals surface area contributed by atoms with E-state index in [1.165, 1.54) is 58.6 Å². The highest BCUT2D eigenvalue weighted by atomic mass is 32.2. The lowest BCUT2D eigenvalue weighted by Crippen LogP contribution is -2.09. The molecule has 0 saturated heterocycles. The number of nitrogens with zero attached hydrogens (tertiary/aromatic N) is 4. The molecule has 1 fully saturated rings. The van der Waals surface area contributed by atoms with E-state index in [4.69, 9.17) is 4.98 Å². The molecule has 6 heteroatoms. The molecule has 5 rings (SSSR count). The van der Waals surface area contributed by atoms with Crippen molar-refractivity contribution in [1.82, 2.24) is 19.6 Å². The van der Waals surface area contributed by atoms with Crippen LogP contribution in [-0.2, 0) is 12.8 Å². The first-order valence-corrected chi connectivity index (χ1v) is 10.4. The third kappa shape index (κ3) is 2.14. The van der Waals surface area contributed by atoms with Crippen LogP contribution >= 0.6 is 23.1 Å².